The summed E-state index contributed by atoms with van der Waals surface area (Å²) >= 11 is 5.57. The first-order chi connectivity index (χ1) is 9.84. The molecule has 104 valence electrons. The third-order valence-corrected chi connectivity index (χ3v) is 5.47. The van der Waals surface area contributed by atoms with Crippen molar-refractivity contribution in [3.63, 3.8) is 0 Å². The zero-order chi connectivity index (χ0) is 13.8. The van der Waals surface area contributed by atoms with Crippen LogP contribution >= 0.6 is 27.7 Å². The number of rotatable bonds is 5. The van der Waals surface area contributed by atoms with E-state index in [0.717, 1.165) is 12.3 Å². The Hall–Kier alpha value is -0.770. The van der Waals surface area contributed by atoms with Crippen LogP contribution in [-0.2, 0) is 6.42 Å². The maximum Gasteiger partial charge on any atom is 0.0326 e. The second-order valence-electron chi connectivity index (χ2n) is 5.01. The average Bonchev–Trinajstić information content (AvgIpc) is 2.90. The normalized spacial score (nSPS) is 17.1. The van der Waals surface area contributed by atoms with E-state index < -0.39 is 0 Å². The van der Waals surface area contributed by atoms with Crippen LogP contribution in [0.15, 0.2) is 57.9 Å². The zero-order valence-electron chi connectivity index (χ0n) is 11.3. The summed E-state index contributed by atoms with van der Waals surface area (Å²) in [6.07, 6.45) is 2.40. The van der Waals surface area contributed by atoms with Crippen LogP contribution in [-0.4, -0.2) is 12.3 Å². The molecule has 1 unspecified atom stereocenters. The van der Waals surface area contributed by atoms with Crippen LogP contribution in [0.4, 0.5) is 0 Å². The van der Waals surface area contributed by atoms with Crippen molar-refractivity contribution < 1.29 is 0 Å². The molecule has 3 rings (SSSR count). The fourth-order valence-electron chi connectivity index (χ4n) is 2.74. The maximum absolute atomic E-state index is 3.69. The summed E-state index contributed by atoms with van der Waals surface area (Å²) in [6, 6.07) is 17.7. The number of thioether (sulfide) groups is 1. The van der Waals surface area contributed by atoms with Gasteiger partial charge >= 0.3 is 0 Å². The Morgan fingerprint density at radius 1 is 1.10 bits per heavy atom. The summed E-state index contributed by atoms with van der Waals surface area (Å²) in [5.41, 5.74) is 2.96. The lowest BCUT2D eigenvalue weighted by Crippen LogP contribution is -2.21. The first kappa shape index (κ1) is 14.2. The van der Waals surface area contributed by atoms with Crippen molar-refractivity contribution >= 4 is 27.7 Å². The van der Waals surface area contributed by atoms with Crippen LogP contribution in [0.2, 0.25) is 0 Å². The van der Waals surface area contributed by atoms with Gasteiger partial charge in [-0.3, -0.25) is 0 Å². The van der Waals surface area contributed by atoms with Crippen molar-refractivity contribution in [3.05, 3.63) is 64.1 Å². The smallest absolute Gasteiger partial charge is 0.0326 e. The number of halogens is 1. The molecule has 0 aromatic heterocycles. The predicted molar refractivity (Wildman–Crippen MR) is 90.4 cm³/mol. The molecule has 0 aliphatic heterocycles. The Morgan fingerprint density at radius 2 is 1.95 bits per heavy atom. The van der Waals surface area contributed by atoms with Crippen LogP contribution in [0.1, 0.15) is 23.6 Å². The Kier molecular flexibility index (Phi) is 4.81. The average molecular weight is 348 g/mol. The molecule has 0 bridgehead atoms. The number of benzene rings is 2. The number of fused-ring (bicyclic) bond motifs is 1. The molecule has 0 fully saturated rings. The zero-order valence-corrected chi connectivity index (χ0v) is 13.7. The van der Waals surface area contributed by atoms with Crippen LogP contribution in [0.5, 0.6) is 0 Å². The Balaban J connectivity index is 1.50. The molecule has 1 nitrogen and oxygen atoms in total. The van der Waals surface area contributed by atoms with E-state index in [9.17, 15) is 0 Å². The van der Waals surface area contributed by atoms with Gasteiger partial charge in [0.1, 0.15) is 0 Å². The summed E-state index contributed by atoms with van der Waals surface area (Å²) in [5, 5.41) is 3.69. The predicted octanol–water partition coefficient (Wildman–Crippen LogP) is 4.82. The van der Waals surface area contributed by atoms with E-state index in [4.69, 9.17) is 0 Å². The molecule has 1 aliphatic rings. The minimum Gasteiger partial charge on any atom is -0.309 e. The molecule has 3 heteroatoms. The SMILES string of the molecule is Brc1cccc2c1CCC2NCCSc1ccccc1. The van der Waals surface area contributed by atoms with Gasteiger partial charge in [0.2, 0.25) is 0 Å². The lowest BCUT2D eigenvalue weighted by molar-refractivity contribution is 0.552. The highest BCUT2D eigenvalue weighted by atomic mass is 79.9. The highest BCUT2D eigenvalue weighted by Crippen LogP contribution is 2.35. The van der Waals surface area contributed by atoms with Gasteiger partial charge in [-0.2, -0.15) is 0 Å². The molecule has 0 amide bonds. The van der Waals surface area contributed by atoms with E-state index in [1.807, 2.05) is 11.8 Å². The van der Waals surface area contributed by atoms with E-state index in [2.05, 4.69) is 69.8 Å². The summed E-state index contributed by atoms with van der Waals surface area (Å²) < 4.78 is 1.26. The van der Waals surface area contributed by atoms with Gasteiger partial charge in [0.25, 0.3) is 0 Å². The minimum atomic E-state index is 0.527. The largest absolute Gasteiger partial charge is 0.309 e. The first-order valence-electron chi connectivity index (χ1n) is 7.03. The lowest BCUT2D eigenvalue weighted by Gasteiger charge is -2.14. The Labute approximate surface area is 133 Å². The van der Waals surface area contributed by atoms with Gasteiger partial charge in [0.15, 0.2) is 0 Å². The third-order valence-electron chi connectivity index (χ3n) is 3.72. The molecule has 1 aliphatic carbocycles. The number of hydrogen-bond acceptors (Lipinski definition) is 2. The molecule has 0 spiro atoms. The molecule has 0 radical (unpaired) electrons. The summed E-state index contributed by atoms with van der Waals surface area (Å²) in [7, 11) is 0. The molecular formula is C17H18BrNS. The Morgan fingerprint density at radius 3 is 2.80 bits per heavy atom. The summed E-state index contributed by atoms with van der Waals surface area (Å²) in [6.45, 7) is 1.05. The highest BCUT2D eigenvalue weighted by Gasteiger charge is 2.22. The lowest BCUT2D eigenvalue weighted by atomic mass is 10.1. The second kappa shape index (κ2) is 6.79. The molecular weight excluding hydrogens is 330 g/mol. The topological polar surface area (TPSA) is 12.0 Å². The fourth-order valence-corrected chi connectivity index (χ4v) is 4.13. The second-order valence-corrected chi connectivity index (χ2v) is 7.04. The van der Waals surface area contributed by atoms with Gasteiger partial charge < -0.3 is 5.32 Å². The molecule has 20 heavy (non-hydrogen) atoms. The van der Waals surface area contributed by atoms with Crippen LogP contribution in [0, 0.1) is 0 Å². The van der Waals surface area contributed by atoms with Crippen LogP contribution in [0.25, 0.3) is 0 Å². The summed E-state index contributed by atoms with van der Waals surface area (Å²) in [4.78, 5) is 1.35. The van der Waals surface area contributed by atoms with Crippen molar-refractivity contribution in [3.8, 4) is 0 Å². The van der Waals surface area contributed by atoms with Gasteiger partial charge in [-0.25, -0.2) is 0 Å². The first-order valence-corrected chi connectivity index (χ1v) is 8.81. The molecule has 2 aromatic rings. The molecule has 0 saturated heterocycles. The van der Waals surface area contributed by atoms with E-state index in [1.165, 1.54) is 33.3 Å². The van der Waals surface area contributed by atoms with Crippen molar-refractivity contribution in [2.45, 2.75) is 23.8 Å². The van der Waals surface area contributed by atoms with Crippen LogP contribution < -0.4 is 5.32 Å². The van der Waals surface area contributed by atoms with Gasteiger partial charge in [-0.05, 0) is 42.2 Å². The minimum absolute atomic E-state index is 0.527. The molecule has 2 aromatic carbocycles. The summed E-state index contributed by atoms with van der Waals surface area (Å²) in [5.74, 6) is 1.11. The van der Waals surface area contributed by atoms with Crippen LogP contribution in [0.3, 0.4) is 0 Å². The number of nitrogens with one attached hydrogen (secondary N) is 1. The fraction of sp³-hybridized carbons (Fsp3) is 0.294. The van der Waals surface area contributed by atoms with Crippen molar-refractivity contribution in [2.24, 2.45) is 0 Å². The van der Waals surface area contributed by atoms with E-state index >= 15 is 0 Å². The van der Waals surface area contributed by atoms with Gasteiger partial charge in [-0.1, -0.05) is 46.3 Å². The Bertz CT molecular complexity index is 570. The molecule has 1 N–H and O–H groups in total. The van der Waals surface area contributed by atoms with E-state index in [1.54, 1.807) is 0 Å². The number of hydrogen-bond donors (Lipinski definition) is 1. The van der Waals surface area contributed by atoms with Crippen molar-refractivity contribution in [1.29, 1.82) is 0 Å². The quantitative estimate of drug-likeness (QED) is 0.614. The molecule has 0 heterocycles. The maximum atomic E-state index is 3.69. The van der Waals surface area contributed by atoms with Crippen molar-refractivity contribution in [1.82, 2.24) is 5.32 Å². The molecule has 0 saturated carbocycles. The highest BCUT2D eigenvalue weighted by molar-refractivity contribution is 9.10. The standard InChI is InChI=1S/C17H18BrNS/c18-16-8-4-7-15-14(16)9-10-17(15)19-11-12-20-13-5-2-1-3-6-13/h1-8,17,19H,9-12H2. The molecule has 1 atom stereocenters. The van der Waals surface area contributed by atoms with Crippen molar-refractivity contribution in [2.75, 3.05) is 12.3 Å². The third kappa shape index (κ3) is 3.27. The monoisotopic (exact) mass is 347 g/mol. The van der Waals surface area contributed by atoms with E-state index in [-0.39, 0.29) is 0 Å². The van der Waals surface area contributed by atoms with Gasteiger partial charge in [-0.15, -0.1) is 11.8 Å². The van der Waals surface area contributed by atoms with Gasteiger partial charge in [0, 0.05) is 27.7 Å². The van der Waals surface area contributed by atoms with Gasteiger partial charge in [0.05, 0.1) is 0 Å². The van der Waals surface area contributed by atoms with E-state index in [0.29, 0.717) is 6.04 Å².